The molecular weight excluding hydrogens is 169 g/mol. The van der Waals surface area contributed by atoms with Gasteiger partial charge >= 0.3 is 0 Å². The van der Waals surface area contributed by atoms with E-state index in [0.717, 1.165) is 12.1 Å². The van der Waals surface area contributed by atoms with E-state index in [1.54, 1.807) is 12.4 Å². The molecule has 2 aromatic heterocycles. The van der Waals surface area contributed by atoms with Crippen LogP contribution in [0.25, 0.3) is 5.65 Å². The van der Waals surface area contributed by atoms with Gasteiger partial charge in [-0.25, -0.2) is 9.37 Å². The summed E-state index contributed by atoms with van der Waals surface area (Å²) in [5.74, 6) is -0.266. The van der Waals surface area contributed by atoms with Gasteiger partial charge in [0.2, 0.25) is 0 Å². The maximum Gasteiger partial charge on any atom is 0.139 e. The van der Waals surface area contributed by atoms with Crippen molar-refractivity contribution in [3.05, 3.63) is 36.0 Å². The Bertz CT molecular complexity index is 422. The van der Waals surface area contributed by atoms with Gasteiger partial charge < -0.3 is 10.1 Å². The zero-order valence-corrected chi connectivity index (χ0v) is 7.07. The molecule has 0 aromatic carbocycles. The molecule has 4 heteroatoms. The molecule has 0 atom stereocenters. The standard InChI is InChI=1S/C9H10FN3/c10-7-2-4-13-8(1-3-11)6-12-9(13)5-7/h2,4-6H,1,3,11H2. The Morgan fingerprint density at radius 1 is 1.54 bits per heavy atom. The lowest BCUT2D eigenvalue weighted by Gasteiger charge is -1.98. The number of hydrogen-bond donors (Lipinski definition) is 1. The normalized spacial score (nSPS) is 10.9. The maximum absolute atomic E-state index is 12.8. The fourth-order valence-corrected chi connectivity index (χ4v) is 1.34. The molecule has 2 aromatic rings. The summed E-state index contributed by atoms with van der Waals surface area (Å²) in [6.07, 6.45) is 4.15. The second-order valence-corrected chi connectivity index (χ2v) is 2.86. The number of hydrogen-bond acceptors (Lipinski definition) is 2. The first-order valence-electron chi connectivity index (χ1n) is 4.13. The summed E-state index contributed by atoms with van der Waals surface area (Å²) in [6, 6.07) is 2.81. The van der Waals surface area contributed by atoms with Crippen molar-refractivity contribution in [2.75, 3.05) is 6.54 Å². The third-order valence-electron chi connectivity index (χ3n) is 1.95. The Balaban J connectivity index is 2.55. The topological polar surface area (TPSA) is 43.3 Å². The van der Waals surface area contributed by atoms with E-state index in [9.17, 15) is 4.39 Å². The monoisotopic (exact) mass is 179 g/mol. The first-order valence-corrected chi connectivity index (χ1v) is 4.13. The summed E-state index contributed by atoms with van der Waals surface area (Å²) in [4.78, 5) is 4.07. The molecular formula is C9H10FN3. The third-order valence-corrected chi connectivity index (χ3v) is 1.95. The highest BCUT2D eigenvalue weighted by molar-refractivity contribution is 5.40. The number of fused-ring (bicyclic) bond motifs is 1. The Kier molecular flexibility index (Phi) is 1.98. The van der Waals surface area contributed by atoms with E-state index in [1.165, 1.54) is 12.1 Å². The molecule has 0 aliphatic heterocycles. The Labute approximate surface area is 75.0 Å². The van der Waals surface area contributed by atoms with Gasteiger partial charge in [0, 0.05) is 30.6 Å². The van der Waals surface area contributed by atoms with Gasteiger partial charge in [-0.05, 0) is 12.6 Å². The number of nitrogens with zero attached hydrogens (tertiary/aromatic N) is 2. The lowest BCUT2D eigenvalue weighted by Crippen LogP contribution is -2.04. The van der Waals surface area contributed by atoms with Crippen LogP contribution in [0.4, 0.5) is 4.39 Å². The number of aromatic nitrogens is 2. The fourth-order valence-electron chi connectivity index (χ4n) is 1.34. The molecule has 0 fully saturated rings. The average molecular weight is 179 g/mol. The van der Waals surface area contributed by atoms with Gasteiger partial charge in [-0.3, -0.25) is 0 Å². The van der Waals surface area contributed by atoms with Gasteiger partial charge in [-0.15, -0.1) is 0 Å². The van der Waals surface area contributed by atoms with E-state index >= 15 is 0 Å². The molecule has 0 aliphatic rings. The summed E-state index contributed by atoms with van der Waals surface area (Å²) in [5, 5.41) is 0. The van der Waals surface area contributed by atoms with Crippen molar-refractivity contribution in [3.8, 4) is 0 Å². The van der Waals surface area contributed by atoms with Crippen molar-refractivity contribution in [2.24, 2.45) is 5.73 Å². The maximum atomic E-state index is 12.8. The van der Waals surface area contributed by atoms with Crippen molar-refractivity contribution in [2.45, 2.75) is 6.42 Å². The summed E-state index contributed by atoms with van der Waals surface area (Å²) in [7, 11) is 0. The molecule has 2 heterocycles. The smallest absolute Gasteiger partial charge is 0.139 e. The third kappa shape index (κ3) is 1.40. The van der Waals surface area contributed by atoms with Gasteiger partial charge in [0.25, 0.3) is 0 Å². The highest BCUT2D eigenvalue weighted by Crippen LogP contribution is 2.08. The van der Waals surface area contributed by atoms with E-state index in [0.29, 0.717) is 12.2 Å². The lowest BCUT2D eigenvalue weighted by atomic mass is 10.3. The molecule has 0 radical (unpaired) electrons. The van der Waals surface area contributed by atoms with Gasteiger partial charge in [0.15, 0.2) is 0 Å². The summed E-state index contributed by atoms with van der Waals surface area (Å²) in [6.45, 7) is 0.575. The van der Waals surface area contributed by atoms with Crippen LogP contribution in [0, 0.1) is 5.82 Å². The Hall–Kier alpha value is -1.42. The zero-order chi connectivity index (χ0) is 9.26. The van der Waals surface area contributed by atoms with Gasteiger partial charge in [-0.2, -0.15) is 0 Å². The number of halogens is 1. The quantitative estimate of drug-likeness (QED) is 0.746. The molecule has 0 bridgehead atoms. The number of imidazole rings is 1. The molecule has 0 unspecified atom stereocenters. The van der Waals surface area contributed by atoms with Crippen LogP contribution >= 0.6 is 0 Å². The van der Waals surface area contributed by atoms with Crippen LogP contribution in [0.3, 0.4) is 0 Å². The summed E-state index contributed by atoms with van der Waals surface area (Å²) < 4.78 is 14.6. The van der Waals surface area contributed by atoms with Crippen molar-refractivity contribution >= 4 is 5.65 Å². The van der Waals surface area contributed by atoms with E-state index in [1.807, 2.05) is 4.40 Å². The van der Waals surface area contributed by atoms with E-state index in [4.69, 9.17) is 5.73 Å². The first-order chi connectivity index (χ1) is 6.31. The van der Waals surface area contributed by atoms with Crippen LogP contribution in [0.15, 0.2) is 24.5 Å². The van der Waals surface area contributed by atoms with Crippen molar-refractivity contribution < 1.29 is 4.39 Å². The van der Waals surface area contributed by atoms with Crippen LogP contribution in [-0.2, 0) is 6.42 Å². The molecule has 13 heavy (non-hydrogen) atoms. The molecule has 0 saturated heterocycles. The molecule has 0 saturated carbocycles. The summed E-state index contributed by atoms with van der Waals surface area (Å²) >= 11 is 0. The zero-order valence-electron chi connectivity index (χ0n) is 7.07. The lowest BCUT2D eigenvalue weighted by molar-refractivity contribution is 0.626. The van der Waals surface area contributed by atoms with Crippen molar-refractivity contribution in [3.63, 3.8) is 0 Å². The Morgan fingerprint density at radius 3 is 3.15 bits per heavy atom. The molecule has 0 spiro atoms. The minimum atomic E-state index is -0.266. The van der Waals surface area contributed by atoms with Crippen molar-refractivity contribution in [1.82, 2.24) is 9.38 Å². The summed E-state index contributed by atoms with van der Waals surface area (Å²) in [5.41, 5.74) is 7.07. The van der Waals surface area contributed by atoms with Crippen LogP contribution in [0.1, 0.15) is 5.69 Å². The van der Waals surface area contributed by atoms with E-state index in [-0.39, 0.29) is 5.82 Å². The largest absolute Gasteiger partial charge is 0.330 e. The minimum absolute atomic E-state index is 0.266. The van der Waals surface area contributed by atoms with Gasteiger partial charge in [-0.1, -0.05) is 0 Å². The predicted molar refractivity (Wildman–Crippen MR) is 47.9 cm³/mol. The molecule has 0 amide bonds. The molecule has 68 valence electrons. The van der Waals surface area contributed by atoms with Crippen LogP contribution < -0.4 is 5.73 Å². The second kappa shape index (κ2) is 3.14. The number of nitrogens with two attached hydrogens (primary N) is 1. The predicted octanol–water partition coefficient (Wildman–Crippen LogP) is 0.975. The van der Waals surface area contributed by atoms with Crippen LogP contribution in [0.5, 0.6) is 0 Å². The molecule has 0 aliphatic carbocycles. The highest BCUT2D eigenvalue weighted by atomic mass is 19.1. The Morgan fingerprint density at radius 2 is 2.38 bits per heavy atom. The molecule has 3 nitrogen and oxygen atoms in total. The van der Waals surface area contributed by atoms with Gasteiger partial charge in [0.1, 0.15) is 11.5 Å². The minimum Gasteiger partial charge on any atom is -0.330 e. The van der Waals surface area contributed by atoms with Crippen LogP contribution in [0.2, 0.25) is 0 Å². The fraction of sp³-hybridized carbons (Fsp3) is 0.222. The van der Waals surface area contributed by atoms with Crippen LogP contribution in [-0.4, -0.2) is 15.9 Å². The average Bonchev–Trinajstić information content (AvgIpc) is 2.49. The van der Waals surface area contributed by atoms with Gasteiger partial charge in [0.05, 0.1) is 0 Å². The SMILES string of the molecule is NCCc1cnc2cc(F)ccn12. The number of pyridine rings is 1. The van der Waals surface area contributed by atoms with Crippen molar-refractivity contribution in [1.29, 1.82) is 0 Å². The van der Waals surface area contributed by atoms with E-state index < -0.39 is 0 Å². The van der Waals surface area contributed by atoms with E-state index in [2.05, 4.69) is 4.98 Å². The highest BCUT2D eigenvalue weighted by Gasteiger charge is 2.02. The second-order valence-electron chi connectivity index (χ2n) is 2.86. The number of rotatable bonds is 2. The molecule has 2 rings (SSSR count). The molecule has 2 N–H and O–H groups in total. The first kappa shape index (κ1) is 8.19.